The summed E-state index contributed by atoms with van der Waals surface area (Å²) in [5, 5.41) is 6.81. The Kier molecular flexibility index (Phi) is 3.94. The summed E-state index contributed by atoms with van der Waals surface area (Å²) >= 11 is 0. The van der Waals surface area contributed by atoms with Gasteiger partial charge in [-0.3, -0.25) is 4.79 Å². The quantitative estimate of drug-likeness (QED) is 0.873. The number of nitrogens with one attached hydrogen (secondary N) is 1. The van der Waals surface area contributed by atoms with E-state index < -0.39 is 5.54 Å². The van der Waals surface area contributed by atoms with Crippen LogP contribution in [0.4, 0.5) is 0 Å². The minimum absolute atomic E-state index is 0.0564. The zero-order valence-corrected chi connectivity index (χ0v) is 12.0. The number of aromatic nitrogens is 1. The van der Waals surface area contributed by atoms with Crippen molar-refractivity contribution < 1.29 is 9.32 Å². The van der Waals surface area contributed by atoms with E-state index in [9.17, 15) is 4.79 Å². The number of hydrogen-bond donors (Lipinski definition) is 2. The van der Waals surface area contributed by atoms with Crippen LogP contribution in [0.3, 0.4) is 0 Å². The highest BCUT2D eigenvalue weighted by Gasteiger charge is 2.37. The van der Waals surface area contributed by atoms with Crippen molar-refractivity contribution in [3.8, 4) is 0 Å². The van der Waals surface area contributed by atoms with Crippen molar-refractivity contribution in [2.24, 2.45) is 11.7 Å². The van der Waals surface area contributed by atoms with Crippen molar-refractivity contribution in [3.63, 3.8) is 0 Å². The second-order valence-corrected chi connectivity index (χ2v) is 5.84. The maximum absolute atomic E-state index is 12.3. The lowest BCUT2D eigenvalue weighted by Gasteiger charge is -2.35. The van der Waals surface area contributed by atoms with E-state index in [0.717, 1.165) is 42.7 Å². The number of carbonyl (C=O) groups is 1. The molecule has 1 amide bonds. The summed E-state index contributed by atoms with van der Waals surface area (Å²) in [6.45, 7) is 6.32. The normalized spacial score (nSPS) is 27.3. The van der Waals surface area contributed by atoms with Gasteiger partial charge in [0.1, 0.15) is 5.76 Å². The van der Waals surface area contributed by atoms with E-state index in [0.29, 0.717) is 12.5 Å². The summed E-state index contributed by atoms with van der Waals surface area (Å²) in [5.74, 6) is 1.21. The highest BCUT2D eigenvalue weighted by molar-refractivity contribution is 5.86. The van der Waals surface area contributed by atoms with Crippen LogP contribution in [-0.2, 0) is 11.3 Å². The van der Waals surface area contributed by atoms with Crippen molar-refractivity contribution in [2.45, 2.75) is 58.5 Å². The Balaban J connectivity index is 1.98. The SMILES string of the molecule is Cc1noc(C)c1CNC(=O)C1(N)CCCC(C)C1. The third kappa shape index (κ3) is 2.97. The lowest BCUT2D eigenvalue weighted by Crippen LogP contribution is -2.56. The zero-order chi connectivity index (χ0) is 14.0. The molecule has 1 aliphatic rings. The van der Waals surface area contributed by atoms with Crippen molar-refractivity contribution in [2.75, 3.05) is 0 Å². The molecule has 3 N–H and O–H groups in total. The smallest absolute Gasteiger partial charge is 0.240 e. The van der Waals surface area contributed by atoms with Crippen LogP contribution in [0.25, 0.3) is 0 Å². The van der Waals surface area contributed by atoms with Gasteiger partial charge in [0.05, 0.1) is 11.2 Å². The highest BCUT2D eigenvalue weighted by Crippen LogP contribution is 2.30. The summed E-state index contributed by atoms with van der Waals surface area (Å²) in [7, 11) is 0. The molecule has 1 fully saturated rings. The number of carbonyl (C=O) groups excluding carboxylic acids is 1. The molecule has 2 rings (SSSR count). The predicted octanol–water partition coefficient (Wildman–Crippen LogP) is 1.82. The van der Waals surface area contributed by atoms with E-state index in [1.54, 1.807) is 0 Å². The van der Waals surface area contributed by atoms with Crippen LogP contribution in [0, 0.1) is 19.8 Å². The number of nitrogens with zero attached hydrogens (tertiary/aromatic N) is 1. The van der Waals surface area contributed by atoms with Gasteiger partial charge in [-0.25, -0.2) is 0 Å². The van der Waals surface area contributed by atoms with Gasteiger partial charge < -0.3 is 15.6 Å². The largest absolute Gasteiger partial charge is 0.361 e. The van der Waals surface area contributed by atoms with Gasteiger partial charge in [-0.1, -0.05) is 24.9 Å². The molecule has 0 radical (unpaired) electrons. The van der Waals surface area contributed by atoms with Gasteiger partial charge in [0.25, 0.3) is 0 Å². The van der Waals surface area contributed by atoms with Gasteiger partial charge >= 0.3 is 0 Å². The number of hydrogen-bond acceptors (Lipinski definition) is 4. The van der Waals surface area contributed by atoms with Gasteiger partial charge in [0.15, 0.2) is 0 Å². The van der Waals surface area contributed by atoms with Crippen molar-refractivity contribution in [1.82, 2.24) is 10.5 Å². The number of amides is 1. The fourth-order valence-corrected chi connectivity index (χ4v) is 2.90. The number of aryl methyl sites for hydroxylation is 2. The summed E-state index contributed by atoms with van der Waals surface area (Å²) in [5.41, 5.74) is 7.31. The molecule has 1 aliphatic carbocycles. The predicted molar refractivity (Wildman–Crippen MR) is 72.4 cm³/mol. The van der Waals surface area contributed by atoms with Crippen LogP contribution >= 0.6 is 0 Å². The van der Waals surface area contributed by atoms with Gasteiger partial charge in [-0.05, 0) is 32.6 Å². The van der Waals surface area contributed by atoms with Crippen LogP contribution in [-0.4, -0.2) is 16.6 Å². The molecule has 0 saturated heterocycles. The topological polar surface area (TPSA) is 81.2 Å². The fourth-order valence-electron chi connectivity index (χ4n) is 2.90. The second-order valence-electron chi connectivity index (χ2n) is 5.84. The first-order valence-electron chi connectivity index (χ1n) is 6.91. The molecule has 1 aromatic heterocycles. The van der Waals surface area contributed by atoms with Crippen LogP contribution in [0.15, 0.2) is 4.52 Å². The minimum atomic E-state index is -0.712. The Bertz CT molecular complexity index is 450. The Morgan fingerprint density at radius 3 is 2.89 bits per heavy atom. The van der Waals surface area contributed by atoms with Crippen LogP contribution in [0.2, 0.25) is 0 Å². The summed E-state index contributed by atoms with van der Waals surface area (Å²) in [4.78, 5) is 12.3. The summed E-state index contributed by atoms with van der Waals surface area (Å²) in [6.07, 6.45) is 3.72. The average molecular weight is 265 g/mol. The molecule has 0 spiro atoms. The van der Waals surface area contributed by atoms with Crippen molar-refractivity contribution >= 4 is 5.91 Å². The van der Waals surface area contributed by atoms with E-state index in [2.05, 4.69) is 17.4 Å². The third-order valence-electron chi connectivity index (χ3n) is 4.09. The lowest BCUT2D eigenvalue weighted by atomic mass is 9.76. The minimum Gasteiger partial charge on any atom is -0.361 e. The standard InChI is InChI=1S/C14H23N3O2/c1-9-5-4-6-14(15,7-9)13(18)16-8-12-10(2)17-19-11(12)3/h9H,4-8,15H2,1-3H3,(H,16,18). The molecule has 0 bridgehead atoms. The molecule has 106 valence electrons. The third-order valence-corrected chi connectivity index (χ3v) is 4.09. The first-order chi connectivity index (χ1) is 8.92. The van der Waals surface area contributed by atoms with Crippen LogP contribution in [0.1, 0.15) is 49.6 Å². The second kappa shape index (κ2) is 5.33. The molecule has 5 nitrogen and oxygen atoms in total. The first-order valence-corrected chi connectivity index (χ1v) is 6.91. The van der Waals surface area contributed by atoms with Gasteiger partial charge in [0, 0.05) is 12.1 Å². The zero-order valence-electron chi connectivity index (χ0n) is 12.0. The molecule has 19 heavy (non-hydrogen) atoms. The monoisotopic (exact) mass is 265 g/mol. The highest BCUT2D eigenvalue weighted by atomic mass is 16.5. The van der Waals surface area contributed by atoms with E-state index >= 15 is 0 Å². The maximum Gasteiger partial charge on any atom is 0.240 e. The number of rotatable bonds is 3. The van der Waals surface area contributed by atoms with Gasteiger partial charge in [0.2, 0.25) is 5.91 Å². The molecular weight excluding hydrogens is 242 g/mol. The van der Waals surface area contributed by atoms with Gasteiger partial charge in [-0.15, -0.1) is 0 Å². The van der Waals surface area contributed by atoms with Gasteiger partial charge in [-0.2, -0.15) is 0 Å². The Hall–Kier alpha value is -1.36. The summed E-state index contributed by atoms with van der Waals surface area (Å²) in [6, 6.07) is 0. The molecule has 2 atom stereocenters. The lowest BCUT2D eigenvalue weighted by molar-refractivity contribution is -0.128. The van der Waals surface area contributed by atoms with Crippen LogP contribution < -0.4 is 11.1 Å². The van der Waals surface area contributed by atoms with E-state index in [4.69, 9.17) is 10.3 Å². The molecule has 1 heterocycles. The fraction of sp³-hybridized carbons (Fsp3) is 0.714. The molecule has 0 aliphatic heterocycles. The molecule has 2 unspecified atom stereocenters. The van der Waals surface area contributed by atoms with Crippen molar-refractivity contribution in [3.05, 3.63) is 17.0 Å². The van der Waals surface area contributed by atoms with Crippen molar-refractivity contribution in [1.29, 1.82) is 0 Å². The van der Waals surface area contributed by atoms with Crippen LogP contribution in [0.5, 0.6) is 0 Å². The molecular formula is C14H23N3O2. The Morgan fingerprint density at radius 2 is 2.32 bits per heavy atom. The molecule has 0 aromatic carbocycles. The number of nitrogens with two attached hydrogens (primary N) is 1. The summed E-state index contributed by atoms with van der Waals surface area (Å²) < 4.78 is 5.08. The van der Waals surface area contributed by atoms with E-state index in [1.807, 2.05) is 13.8 Å². The Morgan fingerprint density at radius 1 is 1.58 bits per heavy atom. The maximum atomic E-state index is 12.3. The first kappa shape index (κ1) is 14.1. The van der Waals surface area contributed by atoms with E-state index in [1.165, 1.54) is 0 Å². The van der Waals surface area contributed by atoms with E-state index in [-0.39, 0.29) is 5.91 Å². The average Bonchev–Trinajstić information content (AvgIpc) is 2.66. The molecule has 5 heteroatoms. The molecule has 1 aromatic rings. The Labute approximate surface area is 113 Å². The molecule has 1 saturated carbocycles.